The largest absolute Gasteiger partial charge is 0.467 e. The van der Waals surface area contributed by atoms with Crippen molar-refractivity contribution in [1.82, 2.24) is 10.5 Å². The second-order valence-corrected chi connectivity index (χ2v) is 4.13. The molecule has 2 aromatic heterocycles. The van der Waals surface area contributed by atoms with Crippen LogP contribution in [-0.2, 0) is 16.1 Å². The molecule has 0 spiro atoms. The van der Waals surface area contributed by atoms with Crippen LogP contribution in [-0.4, -0.2) is 23.6 Å². The molecular formula is C13H14N2O5. The molecule has 0 saturated carbocycles. The number of nitrogens with zero attached hydrogens (tertiary/aromatic N) is 1. The minimum Gasteiger partial charge on any atom is -0.467 e. The van der Waals surface area contributed by atoms with Crippen molar-refractivity contribution in [3.05, 3.63) is 41.2 Å². The van der Waals surface area contributed by atoms with Gasteiger partial charge in [0.1, 0.15) is 17.1 Å². The summed E-state index contributed by atoms with van der Waals surface area (Å²) in [4.78, 5) is 23.3. The Morgan fingerprint density at radius 3 is 2.80 bits per heavy atom. The number of carbonyl (C=O) groups excluding carboxylic acids is 2. The molecule has 20 heavy (non-hydrogen) atoms. The van der Waals surface area contributed by atoms with Crippen LogP contribution < -0.4 is 5.32 Å². The molecule has 2 rings (SSSR count). The van der Waals surface area contributed by atoms with E-state index >= 15 is 0 Å². The SMILES string of the molecule is Cc1noc(C)c1C(=O)OCC(=O)NCc1ccco1. The Kier molecular flexibility index (Phi) is 4.19. The summed E-state index contributed by atoms with van der Waals surface area (Å²) >= 11 is 0. The van der Waals surface area contributed by atoms with Gasteiger partial charge in [0.15, 0.2) is 6.61 Å². The molecule has 1 N–H and O–H groups in total. The molecular weight excluding hydrogens is 264 g/mol. The molecule has 0 bridgehead atoms. The Hall–Kier alpha value is -2.57. The number of hydrogen-bond acceptors (Lipinski definition) is 6. The minimum atomic E-state index is -0.630. The monoisotopic (exact) mass is 278 g/mol. The average Bonchev–Trinajstić information content (AvgIpc) is 3.04. The van der Waals surface area contributed by atoms with Crippen molar-refractivity contribution in [3.8, 4) is 0 Å². The first-order valence-corrected chi connectivity index (χ1v) is 5.97. The first-order valence-electron chi connectivity index (χ1n) is 5.97. The van der Waals surface area contributed by atoms with E-state index in [1.165, 1.54) is 6.26 Å². The molecule has 2 heterocycles. The Morgan fingerprint density at radius 2 is 2.20 bits per heavy atom. The highest BCUT2D eigenvalue weighted by Gasteiger charge is 2.19. The van der Waals surface area contributed by atoms with Gasteiger partial charge in [0.25, 0.3) is 5.91 Å². The topological polar surface area (TPSA) is 94.6 Å². The summed E-state index contributed by atoms with van der Waals surface area (Å²) < 4.78 is 14.8. The van der Waals surface area contributed by atoms with Gasteiger partial charge in [-0.2, -0.15) is 0 Å². The van der Waals surface area contributed by atoms with Gasteiger partial charge in [-0.05, 0) is 26.0 Å². The molecule has 1 amide bonds. The van der Waals surface area contributed by atoms with Crippen molar-refractivity contribution in [3.63, 3.8) is 0 Å². The van der Waals surface area contributed by atoms with Gasteiger partial charge in [0.05, 0.1) is 18.5 Å². The summed E-state index contributed by atoms with van der Waals surface area (Å²) in [5.74, 6) is -0.0604. The van der Waals surface area contributed by atoms with E-state index in [0.717, 1.165) is 0 Å². The number of ether oxygens (including phenoxy) is 1. The summed E-state index contributed by atoms with van der Waals surface area (Å²) in [6.45, 7) is 3.11. The molecule has 7 heteroatoms. The first-order chi connectivity index (χ1) is 9.58. The minimum absolute atomic E-state index is 0.245. The highest BCUT2D eigenvalue weighted by atomic mass is 16.5. The van der Waals surface area contributed by atoms with Gasteiger partial charge in [-0.3, -0.25) is 4.79 Å². The Labute approximate surface area is 114 Å². The number of aromatic nitrogens is 1. The third kappa shape index (κ3) is 3.25. The van der Waals surface area contributed by atoms with E-state index in [4.69, 9.17) is 13.7 Å². The zero-order valence-corrected chi connectivity index (χ0v) is 11.1. The third-order valence-electron chi connectivity index (χ3n) is 2.61. The van der Waals surface area contributed by atoms with Crippen molar-refractivity contribution in [2.75, 3.05) is 6.61 Å². The van der Waals surface area contributed by atoms with Crippen LogP contribution >= 0.6 is 0 Å². The maximum Gasteiger partial charge on any atom is 0.344 e. The van der Waals surface area contributed by atoms with Crippen LogP contribution in [0, 0.1) is 13.8 Å². The van der Waals surface area contributed by atoms with Gasteiger partial charge in [-0.15, -0.1) is 0 Å². The zero-order valence-electron chi connectivity index (χ0n) is 11.1. The predicted octanol–water partition coefficient (Wildman–Crippen LogP) is 1.36. The molecule has 0 aliphatic rings. The number of carbonyl (C=O) groups is 2. The molecule has 0 atom stereocenters. The predicted molar refractivity (Wildman–Crippen MR) is 66.8 cm³/mol. The summed E-state index contributed by atoms with van der Waals surface area (Å²) in [6.07, 6.45) is 1.51. The number of nitrogens with one attached hydrogen (secondary N) is 1. The lowest BCUT2D eigenvalue weighted by Gasteiger charge is -2.05. The Bertz CT molecular complexity index is 581. The van der Waals surface area contributed by atoms with Crippen LogP contribution in [0.2, 0.25) is 0 Å². The van der Waals surface area contributed by atoms with Gasteiger partial charge in [-0.25, -0.2) is 4.79 Å². The third-order valence-corrected chi connectivity index (χ3v) is 2.61. The standard InChI is InChI=1S/C13H14N2O5/c1-8-12(9(2)20-15-8)13(17)19-7-11(16)14-6-10-4-3-5-18-10/h3-5H,6-7H2,1-2H3,(H,14,16). The summed E-state index contributed by atoms with van der Waals surface area (Å²) in [7, 11) is 0. The van der Waals surface area contributed by atoms with Gasteiger partial charge in [0.2, 0.25) is 0 Å². The number of amides is 1. The van der Waals surface area contributed by atoms with E-state index in [0.29, 0.717) is 17.2 Å². The summed E-state index contributed by atoms with van der Waals surface area (Å²) in [6, 6.07) is 3.45. The highest BCUT2D eigenvalue weighted by molar-refractivity contribution is 5.93. The lowest BCUT2D eigenvalue weighted by Crippen LogP contribution is -2.28. The van der Waals surface area contributed by atoms with E-state index in [-0.39, 0.29) is 18.7 Å². The quantitative estimate of drug-likeness (QED) is 0.830. The van der Waals surface area contributed by atoms with E-state index in [9.17, 15) is 9.59 Å². The van der Waals surface area contributed by atoms with Crippen molar-refractivity contribution in [1.29, 1.82) is 0 Å². The molecule has 0 aliphatic carbocycles. The van der Waals surface area contributed by atoms with Gasteiger partial charge in [0, 0.05) is 0 Å². The number of esters is 1. The van der Waals surface area contributed by atoms with Crippen molar-refractivity contribution in [2.45, 2.75) is 20.4 Å². The summed E-state index contributed by atoms with van der Waals surface area (Å²) in [5, 5.41) is 6.21. The molecule has 106 valence electrons. The van der Waals surface area contributed by atoms with Crippen molar-refractivity contribution < 1.29 is 23.3 Å². The smallest absolute Gasteiger partial charge is 0.344 e. The molecule has 2 aromatic rings. The Morgan fingerprint density at radius 1 is 1.40 bits per heavy atom. The normalized spacial score (nSPS) is 10.3. The Balaban J connectivity index is 1.80. The molecule has 0 saturated heterocycles. The van der Waals surface area contributed by atoms with E-state index in [1.54, 1.807) is 26.0 Å². The molecule has 0 aromatic carbocycles. The lowest BCUT2D eigenvalue weighted by atomic mass is 10.2. The fraction of sp³-hybridized carbons (Fsp3) is 0.308. The second kappa shape index (κ2) is 6.05. The van der Waals surface area contributed by atoms with Crippen LogP contribution in [0.3, 0.4) is 0 Å². The number of hydrogen-bond donors (Lipinski definition) is 1. The molecule has 0 fully saturated rings. The fourth-order valence-corrected chi connectivity index (χ4v) is 1.63. The highest BCUT2D eigenvalue weighted by Crippen LogP contribution is 2.13. The maximum atomic E-state index is 11.8. The van der Waals surface area contributed by atoms with Gasteiger partial charge >= 0.3 is 5.97 Å². The average molecular weight is 278 g/mol. The first kappa shape index (κ1) is 13.9. The van der Waals surface area contributed by atoms with Crippen LogP contribution in [0.4, 0.5) is 0 Å². The van der Waals surface area contributed by atoms with Gasteiger partial charge in [-0.1, -0.05) is 5.16 Å². The molecule has 7 nitrogen and oxygen atoms in total. The van der Waals surface area contributed by atoms with Crippen molar-refractivity contribution in [2.24, 2.45) is 0 Å². The number of rotatable bonds is 5. The summed E-state index contributed by atoms with van der Waals surface area (Å²) in [5.41, 5.74) is 0.687. The van der Waals surface area contributed by atoms with Crippen LogP contribution in [0.1, 0.15) is 27.6 Å². The number of aryl methyl sites for hydroxylation is 2. The number of furan rings is 1. The fourth-order valence-electron chi connectivity index (χ4n) is 1.63. The van der Waals surface area contributed by atoms with Crippen molar-refractivity contribution >= 4 is 11.9 Å². The lowest BCUT2D eigenvalue weighted by molar-refractivity contribution is -0.124. The van der Waals surface area contributed by atoms with E-state index in [2.05, 4.69) is 10.5 Å². The zero-order chi connectivity index (χ0) is 14.5. The molecule has 0 unspecified atom stereocenters. The van der Waals surface area contributed by atoms with E-state index in [1.807, 2.05) is 0 Å². The van der Waals surface area contributed by atoms with Gasteiger partial charge < -0.3 is 19.0 Å². The van der Waals surface area contributed by atoms with E-state index < -0.39 is 11.9 Å². The van der Waals surface area contributed by atoms with Crippen LogP contribution in [0.5, 0.6) is 0 Å². The second-order valence-electron chi connectivity index (χ2n) is 4.13. The molecule has 0 aliphatic heterocycles. The molecule has 0 radical (unpaired) electrons. The maximum absolute atomic E-state index is 11.8. The van der Waals surface area contributed by atoms with Crippen LogP contribution in [0.25, 0.3) is 0 Å². The van der Waals surface area contributed by atoms with Crippen LogP contribution in [0.15, 0.2) is 27.3 Å².